The summed E-state index contributed by atoms with van der Waals surface area (Å²) in [5.41, 5.74) is 1.31. The van der Waals surface area contributed by atoms with Gasteiger partial charge in [0.05, 0.1) is 12.7 Å². The van der Waals surface area contributed by atoms with Crippen molar-refractivity contribution in [2.45, 2.75) is 0 Å². The Bertz CT molecular complexity index is 883. The predicted molar refractivity (Wildman–Crippen MR) is 107 cm³/mol. The van der Waals surface area contributed by atoms with Gasteiger partial charge < -0.3 is 15.2 Å². The number of aromatic carboxylic acids is 1. The Morgan fingerprint density at radius 1 is 1.23 bits per heavy atom. The van der Waals surface area contributed by atoms with Crippen LogP contribution in [0.4, 0.5) is 5.69 Å². The number of ether oxygens (including phenoxy) is 1. The molecule has 0 aliphatic heterocycles. The number of carbonyl (C=O) groups is 2. The van der Waals surface area contributed by atoms with Crippen molar-refractivity contribution in [3.05, 3.63) is 64.1 Å². The molecule has 0 bridgehead atoms. The Kier molecular flexibility index (Phi) is 6.88. The number of hydrogen-bond donors (Lipinski definition) is 3. The largest absolute Gasteiger partial charge is 0.496 e. The lowest BCUT2D eigenvalue weighted by Crippen LogP contribution is -2.32. The molecular weight excluding hydrogens is 420 g/mol. The lowest BCUT2D eigenvalue weighted by Gasteiger charge is -2.09. The minimum absolute atomic E-state index is 0.0587. The molecule has 3 N–H and O–H groups in total. The van der Waals surface area contributed by atoms with E-state index in [0.29, 0.717) is 11.4 Å². The molecule has 0 saturated carbocycles. The first-order valence-electron chi connectivity index (χ1n) is 7.36. The lowest BCUT2D eigenvalue weighted by atomic mass is 10.2. The van der Waals surface area contributed by atoms with E-state index >= 15 is 0 Å². The number of benzene rings is 2. The van der Waals surface area contributed by atoms with E-state index < -0.39 is 11.9 Å². The molecular formula is C18H15BrN2O4S. The number of carbonyl (C=O) groups excluding carboxylic acids is 1. The Labute approximate surface area is 164 Å². The zero-order chi connectivity index (χ0) is 19.1. The molecule has 0 aromatic heterocycles. The molecule has 26 heavy (non-hydrogen) atoms. The summed E-state index contributed by atoms with van der Waals surface area (Å²) in [7, 11) is 1.55. The summed E-state index contributed by atoms with van der Waals surface area (Å²) in [5, 5.41) is 14.3. The van der Waals surface area contributed by atoms with Crippen LogP contribution >= 0.6 is 28.1 Å². The van der Waals surface area contributed by atoms with E-state index in [9.17, 15) is 9.59 Å². The van der Waals surface area contributed by atoms with Crippen molar-refractivity contribution in [1.82, 2.24) is 5.32 Å². The minimum atomic E-state index is -1.05. The second-order valence-corrected chi connectivity index (χ2v) is 6.37. The molecule has 2 aromatic carbocycles. The smallest absolute Gasteiger partial charge is 0.335 e. The number of methoxy groups -OCH3 is 1. The standard InChI is InChI=1S/C18H15BrN2O4S/c1-25-15-7-6-13(19)9-11(15)5-8-16(22)21-18(26)20-14-4-2-3-12(10-14)17(23)24/h2-10H,1H3,(H,23,24)(H2,20,21,22,26). The van der Waals surface area contributed by atoms with Gasteiger partial charge in [0.15, 0.2) is 5.11 Å². The van der Waals surface area contributed by atoms with Gasteiger partial charge in [0.25, 0.3) is 0 Å². The van der Waals surface area contributed by atoms with Crippen molar-refractivity contribution >= 4 is 56.9 Å². The van der Waals surface area contributed by atoms with Crippen LogP contribution in [0.3, 0.4) is 0 Å². The predicted octanol–water partition coefficient (Wildman–Crippen LogP) is 3.68. The van der Waals surface area contributed by atoms with Crippen LogP contribution in [-0.2, 0) is 4.79 Å². The molecule has 0 fully saturated rings. The van der Waals surface area contributed by atoms with Crippen molar-refractivity contribution in [3.63, 3.8) is 0 Å². The van der Waals surface area contributed by atoms with Gasteiger partial charge in [-0.05, 0) is 54.7 Å². The molecule has 134 valence electrons. The second-order valence-electron chi connectivity index (χ2n) is 5.05. The molecule has 2 rings (SSSR count). The number of carboxylic acids is 1. The summed E-state index contributed by atoms with van der Waals surface area (Å²) < 4.78 is 6.09. The third-order valence-electron chi connectivity index (χ3n) is 3.21. The van der Waals surface area contributed by atoms with Gasteiger partial charge >= 0.3 is 5.97 Å². The second kappa shape index (κ2) is 9.12. The maximum absolute atomic E-state index is 12.0. The van der Waals surface area contributed by atoms with Gasteiger partial charge in [0, 0.05) is 21.8 Å². The number of hydrogen-bond acceptors (Lipinski definition) is 4. The summed E-state index contributed by atoms with van der Waals surface area (Å²) in [4.78, 5) is 23.0. The van der Waals surface area contributed by atoms with Crippen LogP contribution in [0, 0.1) is 0 Å². The molecule has 0 atom stereocenters. The first-order valence-corrected chi connectivity index (χ1v) is 8.56. The summed E-state index contributed by atoms with van der Waals surface area (Å²) in [6.07, 6.45) is 2.93. The number of nitrogens with one attached hydrogen (secondary N) is 2. The molecule has 2 aromatic rings. The van der Waals surface area contributed by atoms with Crippen LogP contribution in [0.5, 0.6) is 5.75 Å². The van der Waals surface area contributed by atoms with Gasteiger partial charge in [-0.2, -0.15) is 0 Å². The first kappa shape index (κ1) is 19.6. The fourth-order valence-corrected chi connectivity index (χ4v) is 2.64. The fraction of sp³-hybridized carbons (Fsp3) is 0.0556. The Morgan fingerprint density at radius 2 is 2.00 bits per heavy atom. The van der Waals surface area contributed by atoms with E-state index in [4.69, 9.17) is 22.1 Å². The van der Waals surface area contributed by atoms with E-state index in [0.717, 1.165) is 10.0 Å². The van der Waals surface area contributed by atoms with E-state index in [-0.39, 0.29) is 10.7 Å². The van der Waals surface area contributed by atoms with Crippen LogP contribution in [0.2, 0.25) is 0 Å². The molecule has 0 unspecified atom stereocenters. The summed E-state index contributed by atoms with van der Waals surface area (Å²) in [6.45, 7) is 0. The zero-order valence-corrected chi connectivity index (χ0v) is 16.1. The molecule has 1 amide bonds. The van der Waals surface area contributed by atoms with Crippen LogP contribution in [-0.4, -0.2) is 29.2 Å². The van der Waals surface area contributed by atoms with Gasteiger partial charge in [0.2, 0.25) is 5.91 Å². The normalized spacial score (nSPS) is 10.4. The van der Waals surface area contributed by atoms with Crippen LogP contribution < -0.4 is 15.4 Å². The van der Waals surface area contributed by atoms with Crippen molar-refractivity contribution in [2.75, 3.05) is 12.4 Å². The summed E-state index contributed by atoms with van der Waals surface area (Å²) in [6, 6.07) is 11.5. The van der Waals surface area contributed by atoms with Gasteiger partial charge in [-0.3, -0.25) is 10.1 Å². The van der Waals surface area contributed by atoms with Crippen LogP contribution in [0.15, 0.2) is 53.0 Å². The van der Waals surface area contributed by atoms with E-state index in [1.807, 2.05) is 12.1 Å². The van der Waals surface area contributed by atoms with Crippen molar-refractivity contribution < 1.29 is 19.4 Å². The zero-order valence-electron chi connectivity index (χ0n) is 13.7. The number of thiocarbonyl (C=S) groups is 1. The van der Waals surface area contributed by atoms with E-state index in [1.54, 1.807) is 31.4 Å². The van der Waals surface area contributed by atoms with Gasteiger partial charge in [-0.15, -0.1) is 0 Å². The monoisotopic (exact) mass is 434 g/mol. The van der Waals surface area contributed by atoms with Gasteiger partial charge in [-0.1, -0.05) is 22.0 Å². The number of anilines is 1. The van der Waals surface area contributed by atoms with E-state index in [1.165, 1.54) is 18.2 Å². The molecule has 0 aliphatic rings. The third-order valence-corrected chi connectivity index (χ3v) is 3.91. The topological polar surface area (TPSA) is 87.7 Å². The third kappa shape index (κ3) is 5.68. The summed E-state index contributed by atoms with van der Waals surface area (Å²) >= 11 is 8.43. The average Bonchev–Trinajstić information content (AvgIpc) is 2.60. The molecule has 8 heteroatoms. The highest BCUT2D eigenvalue weighted by molar-refractivity contribution is 9.10. The van der Waals surface area contributed by atoms with Crippen molar-refractivity contribution in [2.24, 2.45) is 0 Å². The number of halogens is 1. The molecule has 0 saturated heterocycles. The van der Waals surface area contributed by atoms with Gasteiger partial charge in [0.1, 0.15) is 5.75 Å². The number of amides is 1. The van der Waals surface area contributed by atoms with Crippen molar-refractivity contribution in [3.8, 4) is 5.75 Å². The molecule has 0 spiro atoms. The van der Waals surface area contributed by atoms with E-state index in [2.05, 4.69) is 26.6 Å². The fourth-order valence-electron chi connectivity index (χ4n) is 2.05. The van der Waals surface area contributed by atoms with Gasteiger partial charge in [-0.25, -0.2) is 4.79 Å². The Morgan fingerprint density at radius 3 is 2.69 bits per heavy atom. The number of rotatable bonds is 5. The summed E-state index contributed by atoms with van der Waals surface area (Å²) in [5.74, 6) is -0.850. The SMILES string of the molecule is COc1ccc(Br)cc1C=CC(=O)NC(=S)Nc1cccc(C(=O)O)c1. The molecule has 0 aliphatic carbocycles. The number of carboxylic acid groups (broad SMARTS) is 1. The Hall–Kier alpha value is -2.71. The molecule has 6 nitrogen and oxygen atoms in total. The maximum Gasteiger partial charge on any atom is 0.335 e. The maximum atomic E-state index is 12.0. The highest BCUT2D eigenvalue weighted by atomic mass is 79.9. The molecule has 0 radical (unpaired) electrons. The van der Waals surface area contributed by atoms with Crippen LogP contribution in [0.1, 0.15) is 15.9 Å². The minimum Gasteiger partial charge on any atom is -0.496 e. The Balaban J connectivity index is 1.99. The quantitative estimate of drug-likeness (QED) is 0.491. The van der Waals surface area contributed by atoms with Crippen molar-refractivity contribution in [1.29, 1.82) is 0 Å². The van der Waals surface area contributed by atoms with Crippen LogP contribution in [0.25, 0.3) is 6.08 Å². The highest BCUT2D eigenvalue weighted by Gasteiger charge is 2.06. The average molecular weight is 435 g/mol. The highest BCUT2D eigenvalue weighted by Crippen LogP contribution is 2.24. The molecule has 0 heterocycles. The first-order chi connectivity index (χ1) is 12.4. The lowest BCUT2D eigenvalue weighted by molar-refractivity contribution is -0.115.